The molecule has 0 spiro atoms. The van der Waals surface area contributed by atoms with Crippen LogP contribution in [0.2, 0.25) is 0 Å². The minimum atomic E-state index is 0.384. The maximum Gasteiger partial charge on any atom is 0.0514 e. The van der Waals surface area contributed by atoms with Crippen LogP contribution in [0.25, 0.3) is 10.4 Å². The summed E-state index contributed by atoms with van der Waals surface area (Å²) in [5.74, 6) is 0. The molecule has 1 saturated heterocycles. The number of thiol groups is 1. The first kappa shape index (κ1) is 14.1. The zero-order valence-electron chi connectivity index (χ0n) is 11.3. The molecule has 6 heteroatoms. The largest absolute Gasteiger partial charge is 0.369 e. The topological polar surface area (TPSA) is 64.0 Å². The Morgan fingerprint density at radius 2 is 2.05 bits per heavy atom. The summed E-state index contributed by atoms with van der Waals surface area (Å²) in [6.07, 6.45) is 0. The van der Waals surface area contributed by atoms with E-state index in [1.165, 1.54) is 16.8 Å². The quantitative estimate of drug-likeness (QED) is 0.386. The Balaban J connectivity index is 2.44. The van der Waals surface area contributed by atoms with Crippen LogP contribution in [0, 0.1) is 13.8 Å². The van der Waals surface area contributed by atoms with Crippen molar-refractivity contribution in [3.05, 3.63) is 33.2 Å². The Morgan fingerprint density at radius 1 is 1.37 bits per heavy atom. The van der Waals surface area contributed by atoms with E-state index in [4.69, 9.17) is 5.53 Å². The van der Waals surface area contributed by atoms with E-state index in [0.717, 1.165) is 36.6 Å². The van der Waals surface area contributed by atoms with Crippen LogP contribution in [0.15, 0.2) is 16.1 Å². The zero-order valence-corrected chi connectivity index (χ0v) is 12.2. The molecular formula is C13H19N5S. The van der Waals surface area contributed by atoms with E-state index >= 15 is 0 Å². The van der Waals surface area contributed by atoms with Crippen LogP contribution < -0.4 is 10.2 Å². The van der Waals surface area contributed by atoms with Crippen LogP contribution in [0.4, 0.5) is 5.69 Å². The van der Waals surface area contributed by atoms with Gasteiger partial charge in [-0.2, -0.15) is 0 Å². The van der Waals surface area contributed by atoms with Crippen LogP contribution in [-0.4, -0.2) is 26.2 Å². The lowest BCUT2D eigenvalue weighted by molar-refractivity contribution is 0.587. The van der Waals surface area contributed by atoms with Crippen molar-refractivity contribution in [2.75, 3.05) is 31.1 Å². The highest BCUT2D eigenvalue weighted by Gasteiger charge is 2.18. The standard InChI is InChI=1S/C13H19N5S/c1-9-11(8-16-17-14)7-12(19)10(2)13(9)18-5-3-15-4-6-18/h7,15,19H,3-6,8H2,1-2H3. The van der Waals surface area contributed by atoms with E-state index in [-0.39, 0.29) is 0 Å². The van der Waals surface area contributed by atoms with Crippen molar-refractivity contribution in [1.29, 1.82) is 0 Å². The highest BCUT2D eigenvalue weighted by molar-refractivity contribution is 7.80. The van der Waals surface area contributed by atoms with Gasteiger partial charge in [-0.1, -0.05) is 5.11 Å². The van der Waals surface area contributed by atoms with Gasteiger partial charge in [-0.15, -0.1) is 12.6 Å². The SMILES string of the molecule is Cc1c(S)cc(CN=[N+]=[N-])c(C)c1N1CCNCC1. The smallest absolute Gasteiger partial charge is 0.0514 e. The predicted octanol–water partition coefficient (Wildman–Crippen LogP) is 2.81. The molecule has 0 atom stereocenters. The molecule has 0 aliphatic carbocycles. The second-order valence-corrected chi connectivity index (χ2v) is 5.26. The Kier molecular flexibility index (Phi) is 4.58. The van der Waals surface area contributed by atoms with Gasteiger partial charge >= 0.3 is 0 Å². The van der Waals surface area contributed by atoms with Gasteiger partial charge in [0, 0.05) is 41.7 Å². The van der Waals surface area contributed by atoms with E-state index in [1.54, 1.807) is 0 Å². The number of hydrogen-bond acceptors (Lipinski definition) is 4. The Labute approximate surface area is 119 Å². The van der Waals surface area contributed by atoms with E-state index < -0.39 is 0 Å². The number of benzene rings is 1. The summed E-state index contributed by atoms with van der Waals surface area (Å²) in [4.78, 5) is 6.19. The van der Waals surface area contributed by atoms with Gasteiger partial charge in [-0.3, -0.25) is 0 Å². The molecule has 19 heavy (non-hydrogen) atoms. The first-order chi connectivity index (χ1) is 9.15. The number of nitrogens with zero attached hydrogens (tertiary/aromatic N) is 4. The fourth-order valence-corrected chi connectivity index (χ4v) is 2.83. The van der Waals surface area contributed by atoms with Gasteiger partial charge in [-0.05, 0) is 42.1 Å². The third-order valence-corrected chi connectivity index (χ3v) is 4.09. The molecule has 1 heterocycles. The van der Waals surface area contributed by atoms with Crippen molar-refractivity contribution in [2.45, 2.75) is 25.3 Å². The average Bonchev–Trinajstić information content (AvgIpc) is 2.43. The minimum absolute atomic E-state index is 0.384. The minimum Gasteiger partial charge on any atom is -0.369 e. The molecule has 1 aromatic rings. The third-order valence-electron chi connectivity index (χ3n) is 3.62. The molecule has 2 rings (SSSR count). The second-order valence-electron chi connectivity index (χ2n) is 4.78. The molecule has 1 aliphatic rings. The number of nitrogens with one attached hydrogen (secondary N) is 1. The van der Waals surface area contributed by atoms with Crippen molar-refractivity contribution in [2.24, 2.45) is 5.11 Å². The third kappa shape index (κ3) is 2.97. The molecule has 0 unspecified atom stereocenters. The summed E-state index contributed by atoms with van der Waals surface area (Å²) >= 11 is 4.55. The number of anilines is 1. The van der Waals surface area contributed by atoms with Crippen LogP contribution >= 0.6 is 12.6 Å². The van der Waals surface area contributed by atoms with Crippen LogP contribution in [0.5, 0.6) is 0 Å². The predicted molar refractivity (Wildman–Crippen MR) is 81.1 cm³/mol. The molecule has 0 radical (unpaired) electrons. The molecule has 0 aromatic heterocycles. The first-order valence-electron chi connectivity index (χ1n) is 6.43. The molecule has 0 bridgehead atoms. The average molecular weight is 277 g/mol. The Hall–Kier alpha value is -1.36. The summed E-state index contributed by atoms with van der Waals surface area (Å²) in [5.41, 5.74) is 13.2. The van der Waals surface area contributed by atoms with Gasteiger partial charge in [0.15, 0.2) is 0 Å². The van der Waals surface area contributed by atoms with Crippen molar-refractivity contribution < 1.29 is 0 Å². The van der Waals surface area contributed by atoms with Crippen molar-refractivity contribution >= 4 is 18.3 Å². The Bertz CT molecular complexity index is 516. The maximum atomic E-state index is 8.48. The first-order valence-corrected chi connectivity index (χ1v) is 6.88. The number of hydrogen-bond donors (Lipinski definition) is 2. The highest BCUT2D eigenvalue weighted by Crippen LogP contribution is 2.33. The molecule has 102 valence electrons. The van der Waals surface area contributed by atoms with E-state index in [2.05, 4.69) is 46.7 Å². The van der Waals surface area contributed by atoms with E-state index in [1.807, 2.05) is 6.07 Å². The van der Waals surface area contributed by atoms with Gasteiger partial charge in [0.1, 0.15) is 0 Å². The highest BCUT2D eigenvalue weighted by atomic mass is 32.1. The summed E-state index contributed by atoms with van der Waals surface area (Å²) in [7, 11) is 0. The second kappa shape index (κ2) is 6.19. The molecule has 1 N–H and O–H groups in total. The van der Waals surface area contributed by atoms with Crippen LogP contribution in [0.1, 0.15) is 16.7 Å². The fourth-order valence-electron chi connectivity index (χ4n) is 2.57. The molecular weight excluding hydrogens is 258 g/mol. The van der Waals surface area contributed by atoms with Gasteiger partial charge < -0.3 is 10.2 Å². The van der Waals surface area contributed by atoms with Crippen LogP contribution in [-0.2, 0) is 6.54 Å². The normalized spacial score (nSPS) is 15.2. The van der Waals surface area contributed by atoms with Crippen molar-refractivity contribution in [3.8, 4) is 0 Å². The molecule has 0 saturated carbocycles. The number of rotatable bonds is 3. The maximum absolute atomic E-state index is 8.48. The van der Waals surface area contributed by atoms with Gasteiger partial charge in [-0.25, -0.2) is 0 Å². The molecule has 0 amide bonds. The lowest BCUT2D eigenvalue weighted by Gasteiger charge is -2.33. The van der Waals surface area contributed by atoms with E-state index in [0.29, 0.717) is 6.54 Å². The monoisotopic (exact) mass is 277 g/mol. The summed E-state index contributed by atoms with van der Waals surface area (Å²) in [6.45, 7) is 8.58. The molecule has 1 fully saturated rings. The van der Waals surface area contributed by atoms with Gasteiger partial charge in [0.2, 0.25) is 0 Å². The zero-order chi connectivity index (χ0) is 13.8. The van der Waals surface area contributed by atoms with Gasteiger partial charge in [0.05, 0.1) is 6.54 Å². The lowest BCUT2D eigenvalue weighted by Crippen LogP contribution is -2.44. The molecule has 5 nitrogen and oxygen atoms in total. The fraction of sp³-hybridized carbons (Fsp3) is 0.538. The molecule has 1 aromatic carbocycles. The van der Waals surface area contributed by atoms with Gasteiger partial charge in [0.25, 0.3) is 0 Å². The van der Waals surface area contributed by atoms with Crippen molar-refractivity contribution in [3.63, 3.8) is 0 Å². The van der Waals surface area contributed by atoms with Crippen molar-refractivity contribution in [1.82, 2.24) is 5.32 Å². The summed E-state index contributed by atoms with van der Waals surface area (Å²) in [6, 6.07) is 2.01. The number of piperazine rings is 1. The van der Waals surface area contributed by atoms with E-state index in [9.17, 15) is 0 Å². The number of azide groups is 1. The van der Waals surface area contributed by atoms with Crippen LogP contribution in [0.3, 0.4) is 0 Å². The summed E-state index contributed by atoms with van der Waals surface area (Å²) < 4.78 is 0. The molecule has 1 aliphatic heterocycles. The Morgan fingerprint density at radius 3 is 2.68 bits per heavy atom. The lowest BCUT2D eigenvalue weighted by atomic mass is 10.0. The summed E-state index contributed by atoms with van der Waals surface area (Å²) in [5, 5.41) is 7.04.